The summed E-state index contributed by atoms with van der Waals surface area (Å²) in [5, 5.41) is 11.0. The van der Waals surface area contributed by atoms with E-state index in [2.05, 4.69) is 4.98 Å². The van der Waals surface area contributed by atoms with Crippen LogP contribution in [0.25, 0.3) is 5.76 Å². The zero-order chi connectivity index (χ0) is 20.8. The topological polar surface area (TPSA) is 89.0 Å². The smallest absolute Gasteiger partial charge is 0.295 e. The van der Waals surface area contributed by atoms with E-state index < -0.39 is 17.7 Å². The number of rotatable bonds is 8. The largest absolute Gasteiger partial charge is 0.507 e. The molecule has 1 atom stereocenters. The molecular formula is C22H24N2O5. The van der Waals surface area contributed by atoms with Gasteiger partial charge in [-0.2, -0.15) is 0 Å². The van der Waals surface area contributed by atoms with E-state index in [0.717, 1.165) is 0 Å². The van der Waals surface area contributed by atoms with Gasteiger partial charge in [-0.3, -0.25) is 14.6 Å². The molecule has 2 aromatic rings. The number of hydrogen-bond donors (Lipinski definition) is 1. The van der Waals surface area contributed by atoms with E-state index in [1.807, 2.05) is 6.92 Å². The summed E-state index contributed by atoms with van der Waals surface area (Å²) in [5.41, 5.74) is 1.19. The lowest BCUT2D eigenvalue weighted by molar-refractivity contribution is -0.140. The Labute approximate surface area is 169 Å². The molecule has 1 N–H and O–H groups in total. The summed E-state index contributed by atoms with van der Waals surface area (Å²) in [6.07, 6.45) is 3.77. The van der Waals surface area contributed by atoms with Gasteiger partial charge in [0, 0.05) is 38.2 Å². The van der Waals surface area contributed by atoms with Crippen molar-refractivity contribution in [3.8, 4) is 5.75 Å². The molecule has 0 aliphatic carbocycles. The highest BCUT2D eigenvalue weighted by molar-refractivity contribution is 6.46. The molecule has 0 unspecified atom stereocenters. The number of carbonyl (C=O) groups excluding carboxylic acids is 2. The van der Waals surface area contributed by atoms with Gasteiger partial charge in [-0.25, -0.2) is 0 Å². The van der Waals surface area contributed by atoms with Crippen LogP contribution in [0.3, 0.4) is 0 Å². The molecule has 0 radical (unpaired) electrons. The van der Waals surface area contributed by atoms with Gasteiger partial charge in [0.25, 0.3) is 11.7 Å². The summed E-state index contributed by atoms with van der Waals surface area (Å²) >= 11 is 0. The van der Waals surface area contributed by atoms with Crippen LogP contribution in [0.2, 0.25) is 0 Å². The molecular weight excluding hydrogens is 372 g/mol. The molecule has 0 bridgehead atoms. The number of aliphatic hydroxyl groups is 1. The Morgan fingerprint density at radius 3 is 2.66 bits per heavy atom. The van der Waals surface area contributed by atoms with Crippen LogP contribution in [0.4, 0.5) is 0 Å². The molecule has 1 aromatic carbocycles. The number of pyridine rings is 1. The van der Waals surface area contributed by atoms with Crippen LogP contribution >= 0.6 is 0 Å². The van der Waals surface area contributed by atoms with Crippen molar-refractivity contribution in [2.75, 3.05) is 26.9 Å². The maximum atomic E-state index is 12.9. The van der Waals surface area contributed by atoms with Gasteiger partial charge >= 0.3 is 0 Å². The van der Waals surface area contributed by atoms with E-state index in [1.165, 1.54) is 4.90 Å². The Bertz CT molecular complexity index is 910. The van der Waals surface area contributed by atoms with Crippen LogP contribution in [0.15, 0.2) is 54.4 Å². The predicted molar refractivity (Wildman–Crippen MR) is 107 cm³/mol. The third-order valence-corrected chi connectivity index (χ3v) is 4.73. The van der Waals surface area contributed by atoms with Crippen LogP contribution < -0.4 is 4.74 Å². The Kier molecular flexibility index (Phi) is 6.61. The lowest BCUT2D eigenvalue weighted by atomic mass is 9.96. The second-order valence-corrected chi connectivity index (χ2v) is 6.58. The number of Topliss-reactive ketones (excluding diaryl/α,β-unsaturated/α-hetero) is 1. The minimum Gasteiger partial charge on any atom is -0.507 e. The van der Waals surface area contributed by atoms with Crippen molar-refractivity contribution in [3.05, 3.63) is 65.5 Å². The number of likely N-dealkylation sites (tertiary alicyclic amines) is 1. The van der Waals surface area contributed by atoms with E-state index in [1.54, 1.807) is 55.9 Å². The zero-order valence-electron chi connectivity index (χ0n) is 16.5. The summed E-state index contributed by atoms with van der Waals surface area (Å²) in [6.45, 7) is 3.14. The highest BCUT2D eigenvalue weighted by Crippen LogP contribution is 2.39. The maximum absolute atomic E-state index is 12.9. The molecule has 3 rings (SSSR count). The Balaban J connectivity index is 2.08. The minimum absolute atomic E-state index is 0.0623. The first-order valence-electron chi connectivity index (χ1n) is 9.49. The number of aromatic nitrogens is 1. The monoisotopic (exact) mass is 396 g/mol. The maximum Gasteiger partial charge on any atom is 0.295 e. The van der Waals surface area contributed by atoms with Crippen molar-refractivity contribution in [2.45, 2.75) is 19.4 Å². The second-order valence-electron chi connectivity index (χ2n) is 6.58. The molecule has 0 saturated carbocycles. The predicted octanol–water partition coefficient (Wildman–Crippen LogP) is 2.94. The summed E-state index contributed by atoms with van der Waals surface area (Å²) in [5.74, 6) is -0.985. The molecule has 0 spiro atoms. The molecule has 29 heavy (non-hydrogen) atoms. The van der Waals surface area contributed by atoms with Gasteiger partial charge in [0.15, 0.2) is 0 Å². The van der Waals surface area contributed by atoms with Crippen LogP contribution in [0.5, 0.6) is 5.75 Å². The van der Waals surface area contributed by atoms with Gasteiger partial charge in [-0.05, 0) is 43.2 Å². The molecule has 1 aliphatic rings. The van der Waals surface area contributed by atoms with Crippen molar-refractivity contribution >= 4 is 17.4 Å². The molecule has 7 nitrogen and oxygen atoms in total. The van der Waals surface area contributed by atoms with E-state index >= 15 is 0 Å². The summed E-state index contributed by atoms with van der Waals surface area (Å²) in [7, 11) is 1.58. The summed E-state index contributed by atoms with van der Waals surface area (Å²) in [6, 6.07) is 9.62. The van der Waals surface area contributed by atoms with E-state index in [4.69, 9.17) is 9.47 Å². The number of ether oxygens (including phenoxy) is 2. The Morgan fingerprint density at radius 2 is 1.97 bits per heavy atom. The van der Waals surface area contributed by atoms with Crippen molar-refractivity contribution in [1.82, 2.24) is 9.88 Å². The number of hydrogen-bond acceptors (Lipinski definition) is 6. The first kappa shape index (κ1) is 20.5. The lowest BCUT2D eigenvalue weighted by Crippen LogP contribution is -2.31. The quantitative estimate of drug-likeness (QED) is 0.319. The molecule has 1 amide bonds. The van der Waals surface area contributed by atoms with Crippen molar-refractivity contribution < 1.29 is 24.2 Å². The first-order chi connectivity index (χ1) is 14.1. The Morgan fingerprint density at radius 1 is 1.21 bits per heavy atom. The third kappa shape index (κ3) is 4.30. The normalized spacial score (nSPS) is 18.3. The number of amides is 1. The molecule has 1 aromatic heterocycles. The average molecular weight is 396 g/mol. The second kappa shape index (κ2) is 9.34. The van der Waals surface area contributed by atoms with Gasteiger partial charge in [-0.15, -0.1) is 0 Å². The minimum atomic E-state index is -0.705. The molecule has 152 valence electrons. The van der Waals surface area contributed by atoms with Gasteiger partial charge in [0.2, 0.25) is 0 Å². The lowest BCUT2D eigenvalue weighted by Gasteiger charge is -2.25. The highest BCUT2D eigenvalue weighted by Gasteiger charge is 2.45. The van der Waals surface area contributed by atoms with Crippen molar-refractivity contribution in [1.29, 1.82) is 0 Å². The number of carbonyl (C=O) groups is 2. The molecule has 7 heteroatoms. The standard InChI is InChI=1S/C22H24N2O5/c1-3-29-17-7-4-6-16(14-17)20(25)18-19(15-8-10-23-11-9-15)24(12-5-13-28-2)22(27)21(18)26/h4,6-11,14,19,25H,3,5,12-13H2,1-2H3/t19-/m0/s1. The van der Waals surface area contributed by atoms with Gasteiger partial charge in [-0.1, -0.05) is 12.1 Å². The van der Waals surface area contributed by atoms with Crippen molar-refractivity contribution in [3.63, 3.8) is 0 Å². The average Bonchev–Trinajstić information content (AvgIpc) is 2.99. The van der Waals surface area contributed by atoms with Crippen LogP contribution in [0, 0.1) is 0 Å². The Hall–Kier alpha value is -3.19. The van der Waals surface area contributed by atoms with Crippen molar-refractivity contribution in [2.24, 2.45) is 0 Å². The SMILES string of the molecule is CCOc1cccc(C(O)=C2C(=O)C(=O)N(CCCOC)[C@H]2c2ccncc2)c1. The number of ketones is 1. The van der Waals surface area contributed by atoms with Crippen LogP contribution in [-0.4, -0.2) is 53.5 Å². The zero-order valence-corrected chi connectivity index (χ0v) is 16.5. The first-order valence-corrected chi connectivity index (χ1v) is 9.49. The van der Waals surface area contributed by atoms with E-state index in [9.17, 15) is 14.7 Å². The van der Waals surface area contributed by atoms with Gasteiger partial charge in [0.1, 0.15) is 11.5 Å². The molecule has 1 aliphatic heterocycles. The molecule has 1 fully saturated rings. The number of methoxy groups -OCH3 is 1. The van der Waals surface area contributed by atoms with Crippen LogP contribution in [-0.2, 0) is 14.3 Å². The summed E-state index contributed by atoms with van der Waals surface area (Å²) < 4.78 is 10.6. The number of nitrogens with zero attached hydrogens (tertiary/aromatic N) is 2. The third-order valence-electron chi connectivity index (χ3n) is 4.73. The number of aliphatic hydroxyl groups excluding tert-OH is 1. The van der Waals surface area contributed by atoms with Gasteiger partial charge in [0.05, 0.1) is 18.2 Å². The summed E-state index contributed by atoms with van der Waals surface area (Å²) in [4.78, 5) is 31.1. The highest BCUT2D eigenvalue weighted by atomic mass is 16.5. The molecule has 1 saturated heterocycles. The number of benzene rings is 1. The fraction of sp³-hybridized carbons (Fsp3) is 0.318. The van der Waals surface area contributed by atoms with E-state index in [-0.39, 0.29) is 11.3 Å². The fourth-order valence-electron chi connectivity index (χ4n) is 3.44. The van der Waals surface area contributed by atoms with Gasteiger partial charge < -0.3 is 19.5 Å². The van der Waals surface area contributed by atoms with Crippen LogP contribution in [0.1, 0.15) is 30.5 Å². The fourth-order valence-corrected chi connectivity index (χ4v) is 3.44. The van der Waals surface area contributed by atoms with E-state index in [0.29, 0.717) is 43.1 Å². The molecule has 2 heterocycles.